The predicted molar refractivity (Wildman–Crippen MR) is 112 cm³/mol. The summed E-state index contributed by atoms with van der Waals surface area (Å²) in [5.41, 5.74) is 2.05. The average Bonchev–Trinajstić information content (AvgIpc) is 3.31. The number of hydrazone groups is 1. The van der Waals surface area contributed by atoms with Gasteiger partial charge in [0.15, 0.2) is 18.1 Å². The molecular weight excluding hydrogens is 402 g/mol. The molecule has 0 saturated heterocycles. The van der Waals surface area contributed by atoms with E-state index in [1.165, 1.54) is 25.3 Å². The zero-order valence-corrected chi connectivity index (χ0v) is 17.3. The van der Waals surface area contributed by atoms with Gasteiger partial charge < -0.3 is 19.5 Å². The Hall–Kier alpha value is -3.88. The number of hydrogen-bond donors (Lipinski definition) is 1. The van der Waals surface area contributed by atoms with Crippen LogP contribution in [0.15, 0.2) is 53.6 Å². The number of nitrogens with zero attached hydrogens (tertiary/aromatic N) is 2. The Morgan fingerprint density at radius 3 is 2.48 bits per heavy atom. The molecule has 0 saturated carbocycles. The van der Waals surface area contributed by atoms with Gasteiger partial charge in [0.2, 0.25) is 0 Å². The molecule has 0 spiro atoms. The summed E-state index contributed by atoms with van der Waals surface area (Å²) in [6.45, 7) is -0.397. The molecule has 1 aliphatic heterocycles. The highest BCUT2D eigenvalue weighted by atomic mass is 16.5. The summed E-state index contributed by atoms with van der Waals surface area (Å²) in [4.78, 5) is 36.4. The van der Waals surface area contributed by atoms with Crippen LogP contribution in [0.3, 0.4) is 0 Å². The van der Waals surface area contributed by atoms with Gasteiger partial charge in [-0.3, -0.25) is 14.4 Å². The number of amides is 2. The fraction of sp³-hybridized carbons (Fsp3) is 0.273. The summed E-state index contributed by atoms with van der Waals surface area (Å²) in [6.07, 6.45) is 0.630. The van der Waals surface area contributed by atoms with E-state index in [0.29, 0.717) is 30.0 Å². The average molecular weight is 425 g/mol. The molecular formula is C22H23N3O6. The maximum Gasteiger partial charge on any atom is 0.325 e. The number of methoxy groups -OCH3 is 2. The van der Waals surface area contributed by atoms with Crippen LogP contribution >= 0.6 is 0 Å². The van der Waals surface area contributed by atoms with Crippen LogP contribution in [0.2, 0.25) is 0 Å². The van der Waals surface area contributed by atoms with Gasteiger partial charge in [-0.05, 0) is 23.8 Å². The number of benzene rings is 2. The zero-order chi connectivity index (χ0) is 22.2. The lowest BCUT2D eigenvalue weighted by atomic mass is 10.1. The van der Waals surface area contributed by atoms with Crippen LogP contribution in [0, 0.1) is 0 Å². The van der Waals surface area contributed by atoms with Gasteiger partial charge in [-0.25, -0.2) is 5.01 Å². The van der Waals surface area contributed by atoms with E-state index in [4.69, 9.17) is 14.2 Å². The number of nitrogens with one attached hydrogen (secondary N) is 1. The molecule has 2 aromatic rings. The van der Waals surface area contributed by atoms with E-state index in [1.807, 2.05) is 30.3 Å². The first-order valence-corrected chi connectivity index (χ1v) is 9.61. The van der Waals surface area contributed by atoms with E-state index in [1.54, 1.807) is 12.1 Å². The fourth-order valence-corrected chi connectivity index (χ4v) is 2.97. The minimum atomic E-state index is -0.728. The first-order valence-electron chi connectivity index (χ1n) is 9.61. The zero-order valence-electron chi connectivity index (χ0n) is 17.3. The van der Waals surface area contributed by atoms with Crippen LogP contribution in [0.1, 0.15) is 22.3 Å². The molecule has 3 rings (SSSR count). The maximum absolute atomic E-state index is 12.2. The molecule has 0 aromatic heterocycles. The van der Waals surface area contributed by atoms with E-state index in [2.05, 4.69) is 10.4 Å². The van der Waals surface area contributed by atoms with Crippen LogP contribution < -0.4 is 14.8 Å². The molecule has 2 aromatic carbocycles. The quantitative estimate of drug-likeness (QED) is 0.644. The predicted octanol–water partition coefficient (Wildman–Crippen LogP) is 1.61. The maximum atomic E-state index is 12.2. The van der Waals surface area contributed by atoms with Gasteiger partial charge in [0.1, 0.15) is 6.54 Å². The number of esters is 1. The summed E-state index contributed by atoms with van der Waals surface area (Å²) in [5, 5.41) is 8.03. The second-order valence-corrected chi connectivity index (χ2v) is 6.59. The SMILES string of the molecule is COc1ccc(C(=O)NCC(=O)OCC(=O)N2CCC(c3ccccc3)=N2)cc1OC. The van der Waals surface area contributed by atoms with Gasteiger partial charge in [0.05, 0.1) is 26.5 Å². The first kappa shape index (κ1) is 21.8. The van der Waals surface area contributed by atoms with E-state index in [-0.39, 0.29) is 6.54 Å². The lowest BCUT2D eigenvalue weighted by molar-refractivity contribution is -0.150. The van der Waals surface area contributed by atoms with Crippen molar-refractivity contribution in [2.24, 2.45) is 5.10 Å². The van der Waals surface area contributed by atoms with E-state index >= 15 is 0 Å². The molecule has 1 heterocycles. The van der Waals surface area contributed by atoms with Crippen molar-refractivity contribution >= 4 is 23.5 Å². The van der Waals surface area contributed by atoms with Crippen LogP contribution in [0.5, 0.6) is 11.5 Å². The highest BCUT2D eigenvalue weighted by molar-refractivity contribution is 6.02. The van der Waals surface area contributed by atoms with Crippen molar-refractivity contribution < 1.29 is 28.6 Å². The topological polar surface area (TPSA) is 107 Å². The van der Waals surface area contributed by atoms with Crippen molar-refractivity contribution in [3.05, 3.63) is 59.7 Å². The van der Waals surface area contributed by atoms with Gasteiger partial charge in [-0.15, -0.1) is 0 Å². The normalized spacial score (nSPS) is 12.7. The van der Waals surface area contributed by atoms with Gasteiger partial charge in [0, 0.05) is 12.0 Å². The summed E-state index contributed by atoms with van der Waals surface area (Å²) < 4.78 is 15.2. The van der Waals surface area contributed by atoms with Crippen molar-refractivity contribution in [3.8, 4) is 11.5 Å². The summed E-state index contributed by atoms with van der Waals surface area (Å²) in [5.74, 6) is -0.763. The summed E-state index contributed by atoms with van der Waals surface area (Å²) in [6, 6.07) is 14.2. The van der Waals surface area contributed by atoms with Crippen molar-refractivity contribution in [2.45, 2.75) is 6.42 Å². The third-order valence-electron chi connectivity index (χ3n) is 4.59. The molecule has 0 bridgehead atoms. The van der Waals surface area contributed by atoms with Crippen molar-refractivity contribution in [2.75, 3.05) is 33.9 Å². The molecule has 0 radical (unpaired) electrons. The molecule has 1 N–H and O–H groups in total. The molecule has 9 heteroatoms. The second-order valence-electron chi connectivity index (χ2n) is 6.59. The Balaban J connectivity index is 1.45. The van der Waals surface area contributed by atoms with E-state index < -0.39 is 24.4 Å². The number of carbonyl (C=O) groups is 3. The molecule has 0 aliphatic carbocycles. The van der Waals surface area contributed by atoms with Crippen molar-refractivity contribution in [1.29, 1.82) is 0 Å². The fourth-order valence-electron chi connectivity index (χ4n) is 2.97. The smallest absolute Gasteiger partial charge is 0.325 e. The Morgan fingerprint density at radius 1 is 1.03 bits per heavy atom. The standard InChI is InChI=1S/C22H23N3O6/c1-29-18-9-8-16(12-19(18)30-2)22(28)23-13-21(27)31-14-20(26)25-11-10-17(24-25)15-6-4-3-5-7-15/h3-9,12H,10-11,13-14H2,1-2H3,(H,23,28). The largest absolute Gasteiger partial charge is 0.493 e. The van der Waals surface area contributed by atoms with Crippen LogP contribution in [-0.2, 0) is 14.3 Å². The van der Waals surface area contributed by atoms with Crippen molar-refractivity contribution in [3.63, 3.8) is 0 Å². The molecule has 162 valence electrons. The van der Waals surface area contributed by atoms with Gasteiger partial charge in [0.25, 0.3) is 11.8 Å². The Bertz CT molecular complexity index is 990. The van der Waals surface area contributed by atoms with Crippen molar-refractivity contribution in [1.82, 2.24) is 10.3 Å². The molecule has 31 heavy (non-hydrogen) atoms. The third-order valence-corrected chi connectivity index (χ3v) is 4.59. The highest BCUT2D eigenvalue weighted by Crippen LogP contribution is 2.27. The molecule has 0 unspecified atom stereocenters. The van der Waals surface area contributed by atoms with E-state index in [9.17, 15) is 14.4 Å². The third kappa shape index (κ3) is 5.59. The molecule has 0 atom stereocenters. The minimum Gasteiger partial charge on any atom is -0.493 e. The molecule has 9 nitrogen and oxygen atoms in total. The van der Waals surface area contributed by atoms with Crippen LogP contribution in [-0.4, -0.2) is 62.4 Å². The number of carbonyl (C=O) groups excluding carboxylic acids is 3. The monoisotopic (exact) mass is 425 g/mol. The van der Waals surface area contributed by atoms with Crippen LogP contribution in [0.25, 0.3) is 0 Å². The second kappa shape index (κ2) is 10.2. The summed E-state index contributed by atoms with van der Waals surface area (Å²) >= 11 is 0. The number of rotatable bonds is 8. The number of hydrogen-bond acceptors (Lipinski definition) is 7. The lowest BCUT2D eigenvalue weighted by Crippen LogP contribution is -2.34. The Kier molecular flexibility index (Phi) is 7.21. The Morgan fingerprint density at radius 2 is 1.77 bits per heavy atom. The molecule has 2 amide bonds. The highest BCUT2D eigenvalue weighted by Gasteiger charge is 2.22. The number of ether oxygens (including phenoxy) is 3. The van der Waals surface area contributed by atoms with Gasteiger partial charge in [-0.2, -0.15) is 5.10 Å². The van der Waals surface area contributed by atoms with Crippen LogP contribution in [0.4, 0.5) is 0 Å². The molecule has 1 aliphatic rings. The van der Waals surface area contributed by atoms with Gasteiger partial charge in [-0.1, -0.05) is 30.3 Å². The first-order chi connectivity index (χ1) is 15.0. The Labute approximate surface area is 179 Å². The van der Waals surface area contributed by atoms with Gasteiger partial charge >= 0.3 is 5.97 Å². The minimum absolute atomic E-state index is 0.293. The lowest BCUT2D eigenvalue weighted by Gasteiger charge is -2.12. The molecule has 0 fully saturated rings. The summed E-state index contributed by atoms with van der Waals surface area (Å²) in [7, 11) is 2.95. The van der Waals surface area contributed by atoms with E-state index in [0.717, 1.165) is 11.3 Å².